The molecule has 2 N–H and O–H groups in total. The van der Waals surface area contributed by atoms with Crippen LogP contribution >= 0.6 is 0 Å². The molecule has 0 unspecified atom stereocenters. The van der Waals surface area contributed by atoms with Gasteiger partial charge in [0, 0.05) is 17.8 Å². The van der Waals surface area contributed by atoms with Crippen molar-refractivity contribution in [2.75, 3.05) is 19.0 Å². The zero-order valence-electron chi connectivity index (χ0n) is 7.58. The predicted octanol–water partition coefficient (Wildman–Crippen LogP) is 1.33. The van der Waals surface area contributed by atoms with Crippen molar-refractivity contribution in [2.45, 2.75) is 0 Å². The SMILES string of the molecule is COc1cc(F)cc(NCC(=O)O)c1. The smallest absolute Gasteiger partial charge is 0.322 e. The molecule has 1 aromatic rings. The molecule has 0 aliphatic rings. The highest BCUT2D eigenvalue weighted by Gasteiger charge is 2.02. The molecular formula is C9H10FNO3. The Kier molecular flexibility index (Phi) is 3.28. The second-order valence-corrected chi connectivity index (χ2v) is 2.63. The molecule has 0 saturated heterocycles. The summed E-state index contributed by atoms with van der Waals surface area (Å²) in [6.45, 7) is -0.257. The molecule has 0 amide bonds. The van der Waals surface area contributed by atoms with Crippen molar-refractivity contribution >= 4 is 11.7 Å². The number of anilines is 1. The Hall–Kier alpha value is -1.78. The van der Waals surface area contributed by atoms with Crippen LogP contribution in [-0.4, -0.2) is 24.7 Å². The first-order chi connectivity index (χ1) is 6.61. The van der Waals surface area contributed by atoms with E-state index >= 15 is 0 Å². The van der Waals surface area contributed by atoms with Gasteiger partial charge in [0.25, 0.3) is 0 Å². The van der Waals surface area contributed by atoms with E-state index in [-0.39, 0.29) is 6.54 Å². The van der Waals surface area contributed by atoms with Crippen molar-refractivity contribution in [3.05, 3.63) is 24.0 Å². The Bertz CT molecular complexity index is 341. The average molecular weight is 199 g/mol. The molecule has 0 bridgehead atoms. The summed E-state index contributed by atoms with van der Waals surface area (Å²) in [6.07, 6.45) is 0. The molecule has 1 rings (SSSR count). The van der Waals surface area contributed by atoms with Crippen LogP contribution in [-0.2, 0) is 4.79 Å². The second kappa shape index (κ2) is 4.45. The van der Waals surface area contributed by atoms with E-state index in [1.807, 2.05) is 0 Å². The molecule has 1 aromatic carbocycles. The zero-order valence-corrected chi connectivity index (χ0v) is 7.58. The van der Waals surface area contributed by atoms with Crippen LogP contribution in [0.2, 0.25) is 0 Å². The van der Waals surface area contributed by atoms with Crippen molar-refractivity contribution in [2.24, 2.45) is 0 Å². The lowest BCUT2D eigenvalue weighted by atomic mass is 10.3. The number of aliphatic carboxylic acids is 1. The van der Waals surface area contributed by atoms with Crippen LogP contribution in [0.1, 0.15) is 0 Å². The maximum atomic E-state index is 12.9. The Morgan fingerprint density at radius 1 is 1.57 bits per heavy atom. The summed E-state index contributed by atoms with van der Waals surface area (Å²) in [5, 5.41) is 10.9. The Balaban J connectivity index is 2.76. The van der Waals surface area contributed by atoms with Crippen molar-refractivity contribution in [1.29, 1.82) is 0 Å². The number of methoxy groups -OCH3 is 1. The first-order valence-corrected chi connectivity index (χ1v) is 3.92. The number of nitrogens with one attached hydrogen (secondary N) is 1. The van der Waals surface area contributed by atoms with Crippen LogP contribution in [0, 0.1) is 5.82 Å². The van der Waals surface area contributed by atoms with Gasteiger partial charge in [0.05, 0.1) is 7.11 Å². The third kappa shape index (κ3) is 2.93. The molecule has 14 heavy (non-hydrogen) atoms. The molecule has 0 saturated carbocycles. The number of carboxylic acid groups (broad SMARTS) is 1. The van der Waals surface area contributed by atoms with E-state index in [0.29, 0.717) is 11.4 Å². The minimum Gasteiger partial charge on any atom is -0.497 e. The van der Waals surface area contributed by atoms with Gasteiger partial charge < -0.3 is 15.2 Å². The fourth-order valence-corrected chi connectivity index (χ4v) is 0.960. The summed E-state index contributed by atoms with van der Waals surface area (Å²) in [5.41, 5.74) is 0.379. The van der Waals surface area contributed by atoms with Crippen LogP contribution in [0.25, 0.3) is 0 Å². The summed E-state index contributed by atoms with van der Waals surface area (Å²) in [5.74, 6) is -1.14. The van der Waals surface area contributed by atoms with Gasteiger partial charge in [0.2, 0.25) is 0 Å². The molecular weight excluding hydrogens is 189 g/mol. The highest BCUT2D eigenvalue weighted by molar-refractivity contribution is 5.72. The molecule has 0 aliphatic heterocycles. The first kappa shape index (κ1) is 10.3. The maximum Gasteiger partial charge on any atom is 0.322 e. The van der Waals surface area contributed by atoms with Gasteiger partial charge in [-0.25, -0.2) is 4.39 Å². The summed E-state index contributed by atoms with van der Waals surface area (Å²) >= 11 is 0. The molecule has 0 aliphatic carbocycles. The van der Waals surface area contributed by atoms with Gasteiger partial charge in [-0.2, -0.15) is 0 Å². The number of ether oxygens (including phenoxy) is 1. The summed E-state index contributed by atoms with van der Waals surface area (Å²) in [6, 6.07) is 3.93. The van der Waals surface area contributed by atoms with Crippen molar-refractivity contribution in [3.8, 4) is 5.75 Å². The van der Waals surface area contributed by atoms with Gasteiger partial charge in [-0.3, -0.25) is 4.79 Å². The van der Waals surface area contributed by atoms with Gasteiger partial charge in [-0.15, -0.1) is 0 Å². The zero-order chi connectivity index (χ0) is 10.6. The maximum absolute atomic E-state index is 12.9. The quantitative estimate of drug-likeness (QED) is 0.768. The second-order valence-electron chi connectivity index (χ2n) is 2.63. The van der Waals surface area contributed by atoms with Crippen molar-refractivity contribution < 1.29 is 19.0 Å². The van der Waals surface area contributed by atoms with E-state index in [9.17, 15) is 9.18 Å². The van der Waals surface area contributed by atoms with Crippen LogP contribution in [0.15, 0.2) is 18.2 Å². The van der Waals surface area contributed by atoms with Gasteiger partial charge in [-0.05, 0) is 6.07 Å². The number of halogens is 1. The summed E-state index contributed by atoms with van der Waals surface area (Å²) in [7, 11) is 1.41. The van der Waals surface area contributed by atoms with E-state index in [1.54, 1.807) is 0 Å². The standard InChI is InChI=1S/C9H10FNO3/c1-14-8-3-6(10)2-7(4-8)11-5-9(12)13/h2-4,11H,5H2,1H3,(H,12,13). The fourth-order valence-electron chi connectivity index (χ4n) is 0.960. The van der Waals surface area contributed by atoms with E-state index in [0.717, 1.165) is 0 Å². The predicted molar refractivity (Wildman–Crippen MR) is 49.1 cm³/mol. The summed E-state index contributed by atoms with van der Waals surface area (Å²) < 4.78 is 17.7. The lowest BCUT2D eigenvalue weighted by Crippen LogP contribution is -2.12. The number of carboxylic acids is 1. The Labute approximate surface area is 80.3 Å². The first-order valence-electron chi connectivity index (χ1n) is 3.92. The highest BCUT2D eigenvalue weighted by Crippen LogP contribution is 2.19. The number of benzene rings is 1. The molecule has 0 atom stereocenters. The van der Waals surface area contributed by atoms with Crippen molar-refractivity contribution in [3.63, 3.8) is 0 Å². The lowest BCUT2D eigenvalue weighted by Gasteiger charge is -2.06. The topological polar surface area (TPSA) is 58.6 Å². The third-order valence-corrected chi connectivity index (χ3v) is 1.55. The minimum atomic E-state index is -1.01. The van der Waals surface area contributed by atoms with E-state index in [1.165, 1.54) is 25.3 Å². The highest BCUT2D eigenvalue weighted by atomic mass is 19.1. The monoisotopic (exact) mass is 199 g/mol. The molecule has 4 nitrogen and oxygen atoms in total. The van der Waals surface area contributed by atoms with Gasteiger partial charge >= 0.3 is 5.97 Å². The van der Waals surface area contributed by atoms with Crippen LogP contribution < -0.4 is 10.1 Å². The average Bonchev–Trinajstić information content (AvgIpc) is 2.14. The molecule has 0 radical (unpaired) electrons. The van der Waals surface area contributed by atoms with Gasteiger partial charge in [0.15, 0.2) is 0 Å². The number of hydrogen-bond acceptors (Lipinski definition) is 3. The third-order valence-electron chi connectivity index (χ3n) is 1.55. The van der Waals surface area contributed by atoms with Crippen LogP contribution in [0.3, 0.4) is 0 Å². The largest absolute Gasteiger partial charge is 0.497 e. The molecule has 5 heteroatoms. The van der Waals surface area contributed by atoms with Crippen LogP contribution in [0.5, 0.6) is 5.75 Å². The Morgan fingerprint density at radius 2 is 2.29 bits per heavy atom. The normalized spacial score (nSPS) is 9.57. The Morgan fingerprint density at radius 3 is 2.86 bits per heavy atom. The van der Waals surface area contributed by atoms with Gasteiger partial charge in [-0.1, -0.05) is 0 Å². The fraction of sp³-hybridized carbons (Fsp3) is 0.222. The number of hydrogen-bond donors (Lipinski definition) is 2. The van der Waals surface area contributed by atoms with E-state index < -0.39 is 11.8 Å². The van der Waals surface area contributed by atoms with E-state index in [2.05, 4.69) is 5.32 Å². The molecule has 0 fully saturated rings. The van der Waals surface area contributed by atoms with E-state index in [4.69, 9.17) is 9.84 Å². The molecule has 0 spiro atoms. The lowest BCUT2D eigenvalue weighted by molar-refractivity contribution is -0.134. The van der Waals surface area contributed by atoms with Gasteiger partial charge in [0.1, 0.15) is 18.1 Å². The number of rotatable bonds is 4. The van der Waals surface area contributed by atoms with Crippen molar-refractivity contribution in [1.82, 2.24) is 0 Å². The van der Waals surface area contributed by atoms with Crippen LogP contribution in [0.4, 0.5) is 10.1 Å². The molecule has 0 heterocycles. The minimum absolute atomic E-state index is 0.257. The summed E-state index contributed by atoms with van der Waals surface area (Å²) in [4.78, 5) is 10.2. The molecule has 76 valence electrons. The number of carbonyl (C=O) groups is 1. The molecule has 0 aromatic heterocycles.